The Morgan fingerprint density at radius 3 is 2.79 bits per heavy atom. The lowest BCUT2D eigenvalue weighted by molar-refractivity contribution is -0.136. The largest absolute Gasteiger partial charge is 0.355 e. The van der Waals surface area contributed by atoms with Crippen LogP contribution < -0.4 is 10.2 Å². The summed E-state index contributed by atoms with van der Waals surface area (Å²) in [7, 11) is 0. The van der Waals surface area contributed by atoms with E-state index in [0.717, 1.165) is 43.7 Å². The molecule has 9 heteroatoms. The molecule has 5 heterocycles. The van der Waals surface area contributed by atoms with E-state index in [0.29, 0.717) is 61.5 Å². The molecule has 8 nitrogen and oxygen atoms in total. The molecule has 0 saturated carbocycles. The van der Waals surface area contributed by atoms with Gasteiger partial charge in [-0.05, 0) is 37.0 Å². The van der Waals surface area contributed by atoms with Crippen molar-refractivity contribution in [2.75, 3.05) is 44.2 Å². The van der Waals surface area contributed by atoms with Crippen LogP contribution in [0.4, 0.5) is 10.2 Å². The van der Waals surface area contributed by atoms with Crippen molar-refractivity contribution in [3.05, 3.63) is 59.6 Å². The van der Waals surface area contributed by atoms with Crippen molar-refractivity contribution in [3.8, 4) is 17.2 Å². The average Bonchev–Trinajstić information content (AvgIpc) is 3.53. The number of nitriles is 1. The Kier molecular flexibility index (Phi) is 6.15. The zero-order valence-electron chi connectivity index (χ0n) is 21.4. The normalized spacial score (nSPS) is 22.1. The van der Waals surface area contributed by atoms with Crippen LogP contribution in [-0.2, 0) is 22.6 Å². The summed E-state index contributed by atoms with van der Waals surface area (Å²) in [6.07, 6.45) is 4.30. The van der Waals surface area contributed by atoms with E-state index < -0.39 is 0 Å². The fourth-order valence-electron chi connectivity index (χ4n) is 6.62. The van der Waals surface area contributed by atoms with Gasteiger partial charge < -0.3 is 15.1 Å². The molecule has 1 spiro atoms. The standard InChI is InChI=1S/C29H31FN6O2/c1-2-26(38)36-17-29(18-36)10-12-35(16-29)28-22(13-31)27(20-5-3-4-6-23(20)30)21-9-11-34(15-24(21)33-28)14-19-7-8-25(37)32-19/h2-6,19H,1,7-12,14-18H2,(H,32,37)/t19-/m0/s1. The maximum atomic E-state index is 15.2. The van der Waals surface area contributed by atoms with Gasteiger partial charge >= 0.3 is 0 Å². The predicted molar refractivity (Wildman–Crippen MR) is 141 cm³/mol. The maximum Gasteiger partial charge on any atom is 0.245 e. The van der Waals surface area contributed by atoms with Crippen LogP contribution in [0.1, 0.15) is 36.1 Å². The number of anilines is 1. The van der Waals surface area contributed by atoms with E-state index in [1.807, 2.05) is 0 Å². The van der Waals surface area contributed by atoms with Gasteiger partial charge in [-0.15, -0.1) is 0 Å². The average molecular weight is 515 g/mol. The Morgan fingerprint density at radius 1 is 1.26 bits per heavy atom. The number of nitrogens with one attached hydrogen (secondary N) is 1. The molecule has 1 aromatic carbocycles. The molecule has 3 saturated heterocycles. The molecule has 1 aromatic heterocycles. The Hall–Kier alpha value is -3.77. The number of rotatable bonds is 5. The van der Waals surface area contributed by atoms with Crippen molar-refractivity contribution in [2.45, 2.75) is 38.3 Å². The minimum atomic E-state index is -0.352. The molecule has 3 fully saturated rings. The lowest BCUT2D eigenvalue weighted by Gasteiger charge is -2.47. The molecule has 4 aliphatic rings. The number of amides is 2. The van der Waals surface area contributed by atoms with Crippen molar-refractivity contribution in [2.24, 2.45) is 5.41 Å². The van der Waals surface area contributed by atoms with E-state index in [1.165, 1.54) is 12.1 Å². The van der Waals surface area contributed by atoms with Gasteiger partial charge in [0.15, 0.2) is 0 Å². The molecular weight excluding hydrogens is 483 g/mol. The van der Waals surface area contributed by atoms with Crippen molar-refractivity contribution < 1.29 is 14.0 Å². The number of likely N-dealkylation sites (tertiary alicyclic amines) is 1. The van der Waals surface area contributed by atoms with Crippen molar-refractivity contribution in [1.82, 2.24) is 20.1 Å². The highest BCUT2D eigenvalue weighted by Gasteiger charge is 2.49. The van der Waals surface area contributed by atoms with Gasteiger partial charge in [0.25, 0.3) is 0 Å². The number of benzene rings is 1. The molecule has 0 aliphatic carbocycles. The van der Waals surface area contributed by atoms with Gasteiger partial charge in [0.05, 0.1) is 5.69 Å². The number of hydrogen-bond acceptors (Lipinski definition) is 6. The highest BCUT2D eigenvalue weighted by atomic mass is 19.1. The molecule has 2 aromatic rings. The first-order valence-electron chi connectivity index (χ1n) is 13.3. The summed E-state index contributed by atoms with van der Waals surface area (Å²) >= 11 is 0. The van der Waals surface area contributed by atoms with E-state index in [4.69, 9.17) is 4.98 Å². The van der Waals surface area contributed by atoms with E-state index in [-0.39, 0.29) is 29.1 Å². The second-order valence-electron chi connectivity index (χ2n) is 11.1. The first kappa shape index (κ1) is 24.6. The van der Waals surface area contributed by atoms with Crippen LogP contribution in [0.2, 0.25) is 0 Å². The van der Waals surface area contributed by atoms with E-state index >= 15 is 4.39 Å². The summed E-state index contributed by atoms with van der Waals surface area (Å²) < 4.78 is 15.2. The van der Waals surface area contributed by atoms with Gasteiger partial charge in [0.1, 0.15) is 23.3 Å². The van der Waals surface area contributed by atoms with E-state index in [1.54, 1.807) is 23.1 Å². The Balaban J connectivity index is 1.35. The van der Waals surface area contributed by atoms with Gasteiger partial charge in [-0.2, -0.15) is 5.26 Å². The molecule has 196 valence electrons. The minimum absolute atomic E-state index is 0.0200. The Labute approximate surface area is 221 Å². The molecular formula is C29H31FN6O2. The second-order valence-corrected chi connectivity index (χ2v) is 11.1. The third kappa shape index (κ3) is 4.23. The number of halogens is 1. The maximum absolute atomic E-state index is 15.2. The summed E-state index contributed by atoms with van der Waals surface area (Å²) in [5.74, 6) is 0.292. The summed E-state index contributed by atoms with van der Waals surface area (Å²) in [5, 5.41) is 13.4. The fourth-order valence-corrected chi connectivity index (χ4v) is 6.62. The highest BCUT2D eigenvalue weighted by molar-refractivity contribution is 5.88. The highest BCUT2D eigenvalue weighted by Crippen LogP contribution is 2.44. The quantitative estimate of drug-likeness (QED) is 0.617. The summed E-state index contributed by atoms with van der Waals surface area (Å²) in [5.41, 5.74) is 3.28. The number of nitrogens with zero attached hydrogens (tertiary/aromatic N) is 5. The first-order valence-corrected chi connectivity index (χ1v) is 13.3. The zero-order valence-corrected chi connectivity index (χ0v) is 21.4. The van der Waals surface area contributed by atoms with Gasteiger partial charge in [-0.1, -0.05) is 24.8 Å². The lowest BCUT2D eigenvalue weighted by Crippen LogP contribution is -2.59. The molecule has 38 heavy (non-hydrogen) atoms. The number of aromatic nitrogens is 1. The number of fused-ring (bicyclic) bond motifs is 1. The molecule has 0 unspecified atom stereocenters. The number of carbonyl (C=O) groups is 2. The molecule has 2 amide bonds. The Morgan fingerprint density at radius 2 is 2.08 bits per heavy atom. The molecule has 6 rings (SSSR count). The van der Waals surface area contributed by atoms with E-state index in [9.17, 15) is 14.9 Å². The van der Waals surface area contributed by atoms with Crippen LogP contribution in [0.25, 0.3) is 11.1 Å². The van der Waals surface area contributed by atoms with Crippen LogP contribution in [0.15, 0.2) is 36.9 Å². The molecule has 1 N–H and O–H groups in total. The SMILES string of the molecule is C=CC(=O)N1CC2(CCN(c3nc4c(c(-c5ccccc5F)c3C#N)CCN(C[C@@H]3CCC(=O)N3)C4)C2)C1. The van der Waals surface area contributed by atoms with Crippen molar-refractivity contribution >= 4 is 17.6 Å². The summed E-state index contributed by atoms with van der Waals surface area (Å²) in [6, 6.07) is 9.15. The van der Waals surface area contributed by atoms with E-state index in [2.05, 4.69) is 27.8 Å². The lowest BCUT2D eigenvalue weighted by atomic mass is 9.79. The zero-order chi connectivity index (χ0) is 26.4. The first-order chi connectivity index (χ1) is 18.4. The fraction of sp³-hybridized carbons (Fsp3) is 0.448. The predicted octanol–water partition coefficient (Wildman–Crippen LogP) is 2.62. The number of carbonyl (C=O) groups excluding carboxylic acids is 2. The second kappa shape index (κ2) is 9.52. The smallest absolute Gasteiger partial charge is 0.245 e. The van der Waals surface area contributed by atoms with Crippen LogP contribution in [-0.4, -0.2) is 71.9 Å². The third-order valence-electron chi connectivity index (χ3n) is 8.51. The monoisotopic (exact) mass is 514 g/mol. The van der Waals surface area contributed by atoms with Gasteiger partial charge in [0.2, 0.25) is 11.8 Å². The molecule has 4 aliphatic heterocycles. The Bertz CT molecular complexity index is 1360. The van der Waals surface area contributed by atoms with Crippen LogP contribution in [0.5, 0.6) is 0 Å². The van der Waals surface area contributed by atoms with Crippen molar-refractivity contribution in [1.29, 1.82) is 5.26 Å². The third-order valence-corrected chi connectivity index (χ3v) is 8.51. The topological polar surface area (TPSA) is 92.6 Å². The summed E-state index contributed by atoms with van der Waals surface area (Å²) in [4.78, 5) is 35.0. The molecule has 0 radical (unpaired) electrons. The molecule has 1 atom stereocenters. The summed E-state index contributed by atoms with van der Waals surface area (Å²) in [6.45, 7) is 8.44. The van der Waals surface area contributed by atoms with Crippen molar-refractivity contribution in [3.63, 3.8) is 0 Å². The van der Waals surface area contributed by atoms with Gasteiger partial charge in [-0.25, -0.2) is 9.37 Å². The van der Waals surface area contributed by atoms with Gasteiger partial charge in [0, 0.05) is 74.8 Å². The van der Waals surface area contributed by atoms with Crippen LogP contribution in [0.3, 0.4) is 0 Å². The van der Waals surface area contributed by atoms with Crippen LogP contribution >= 0.6 is 0 Å². The number of hydrogen-bond donors (Lipinski definition) is 1. The minimum Gasteiger partial charge on any atom is -0.355 e. The van der Waals surface area contributed by atoms with Crippen LogP contribution in [0, 0.1) is 22.6 Å². The molecule has 0 bridgehead atoms. The number of pyridine rings is 1. The van der Waals surface area contributed by atoms with Gasteiger partial charge in [-0.3, -0.25) is 14.5 Å².